The van der Waals surface area contributed by atoms with Gasteiger partial charge in [-0.15, -0.1) is 59.7 Å². The summed E-state index contributed by atoms with van der Waals surface area (Å²) in [6.07, 6.45) is 3.24. The molecule has 0 aliphatic rings. The topological polar surface area (TPSA) is 35.6 Å². The molecular weight excluding hydrogens is 937 g/mol. The van der Waals surface area contributed by atoms with Crippen LogP contribution in [-0.4, -0.2) is 27.2 Å². The maximum Gasteiger partial charge on any atom is 0.0798 e. The van der Waals surface area contributed by atoms with Crippen molar-refractivity contribution in [3.05, 3.63) is 175 Å². The molecule has 0 amide bonds. The average molecular weight is 993 g/mol. The van der Waals surface area contributed by atoms with Crippen LogP contribution in [0.3, 0.4) is 0 Å². The number of benzene rings is 6. The maximum atomic E-state index is 5.24. The zero-order valence-corrected chi connectivity index (χ0v) is 40.3. The van der Waals surface area contributed by atoms with E-state index in [0.29, 0.717) is 17.8 Å². The summed E-state index contributed by atoms with van der Waals surface area (Å²) in [5.41, 5.74) is 14.1. The first-order valence-corrected chi connectivity index (χ1v) is 25.0. The van der Waals surface area contributed by atoms with E-state index in [0.717, 1.165) is 51.3 Å². The van der Waals surface area contributed by atoms with Crippen LogP contribution in [0.4, 0.5) is 0 Å². The van der Waals surface area contributed by atoms with Crippen molar-refractivity contribution in [3.8, 4) is 34.0 Å². The molecule has 311 valence electrons. The van der Waals surface area contributed by atoms with Crippen molar-refractivity contribution in [1.82, 2.24) is 19.1 Å². The number of rotatable bonds is 9. The first kappa shape index (κ1) is 43.7. The predicted molar refractivity (Wildman–Crippen MR) is 258 cm³/mol. The Morgan fingerprint density at radius 3 is 1.92 bits per heavy atom. The van der Waals surface area contributed by atoms with Crippen LogP contribution in [-0.2, 0) is 26.5 Å². The van der Waals surface area contributed by atoms with Crippen LogP contribution in [0.15, 0.2) is 146 Å². The molecule has 6 aromatic carbocycles. The summed E-state index contributed by atoms with van der Waals surface area (Å²) in [6, 6.07) is 56.1. The minimum absolute atomic E-state index is 0. The number of aromatic nitrogens is 4. The van der Waals surface area contributed by atoms with E-state index >= 15 is 0 Å². The first-order chi connectivity index (χ1) is 28.9. The molecule has 0 aliphatic heterocycles. The van der Waals surface area contributed by atoms with Crippen molar-refractivity contribution in [2.75, 3.05) is 0 Å². The molecule has 9 aromatic rings. The number of nitrogens with zero attached hydrogens (tertiary/aromatic N) is 4. The summed E-state index contributed by atoms with van der Waals surface area (Å²) in [4.78, 5) is 9.92. The predicted octanol–water partition coefficient (Wildman–Crippen LogP) is 14.1. The molecule has 0 N–H and O–H groups in total. The van der Waals surface area contributed by atoms with Gasteiger partial charge in [0.1, 0.15) is 0 Å². The van der Waals surface area contributed by atoms with Crippen LogP contribution in [0.25, 0.3) is 66.9 Å². The molecule has 0 unspecified atom stereocenters. The summed E-state index contributed by atoms with van der Waals surface area (Å²) in [5.74, 6) is 2.34. The number of imidazole rings is 1. The maximum absolute atomic E-state index is 5.24. The molecule has 9 rings (SSSR count). The van der Waals surface area contributed by atoms with Gasteiger partial charge in [-0.1, -0.05) is 145 Å². The SMILES string of the molecule is CC(C)Cc1cc(-c2[c-]cccc2)ncc1[Si](C)(C)C.CC(C)c1cccc(C(C)C)c1-n1c(-c2[c-]cc3c(c2)c2ccccc2n3-c2ccccc2)nc2ccccc21.[Ir]. The van der Waals surface area contributed by atoms with Gasteiger partial charge in [0, 0.05) is 43.2 Å². The van der Waals surface area contributed by atoms with Crippen molar-refractivity contribution in [3.63, 3.8) is 0 Å². The van der Waals surface area contributed by atoms with Gasteiger partial charge in [-0.3, -0.25) is 4.98 Å². The Balaban J connectivity index is 0.000000226. The molecule has 61 heavy (non-hydrogen) atoms. The molecule has 4 nitrogen and oxygen atoms in total. The van der Waals surface area contributed by atoms with Crippen molar-refractivity contribution in [2.45, 2.75) is 79.4 Å². The zero-order valence-electron chi connectivity index (χ0n) is 36.9. The van der Waals surface area contributed by atoms with Gasteiger partial charge in [0.15, 0.2) is 0 Å². The molecule has 6 heteroatoms. The Bertz CT molecular complexity index is 2890. The molecule has 0 saturated heterocycles. The fourth-order valence-corrected chi connectivity index (χ4v) is 10.2. The minimum Gasteiger partial charge on any atom is -0.351 e. The van der Waals surface area contributed by atoms with Crippen LogP contribution in [0.5, 0.6) is 0 Å². The van der Waals surface area contributed by atoms with Gasteiger partial charge in [-0.25, -0.2) is 0 Å². The van der Waals surface area contributed by atoms with Crippen molar-refractivity contribution in [1.29, 1.82) is 0 Å². The monoisotopic (exact) mass is 993 g/mol. The molecule has 0 saturated carbocycles. The van der Waals surface area contributed by atoms with Crippen LogP contribution in [0.1, 0.15) is 70.1 Å². The van der Waals surface area contributed by atoms with Crippen molar-refractivity contribution >= 4 is 46.1 Å². The minimum atomic E-state index is -1.34. The first-order valence-electron chi connectivity index (χ1n) is 21.5. The Labute approximate surface area is 377 Å². The van der Waals surface area contributed by atoms with E-state index in [1.807, 2.05) is 18.2 Å². The molecule has 1 radical (unpaired) electrons. The third kappa shape index (κ3) is 8.86. The largest absolute Gasteiger partial charge is 0.351 e. The Morgan fingerprint density at radius 1 is 0.607 bits per heavy atom. The normalized spacial score (nSPS) is 11.7. The molecule has 0 aliphatic carbocycles. The molecule has 0 fully saturated rings. The average Bonchev–Trinajstić information content (AvgIpc) is 3.79. The number of hydrogen-bond acceptors (Lipinski definition) is 2. The summed E-state index contributed by atoms with van der Waals surface area (Å²) < 4.78 is 4.72. The number of hydrogen-bond donors (Lipinski definition) is 0. The van der Waals surface area contributed by atoms with E-state index in [4.69, 9.17) is 4.98 Å². The smallest absolute Gasteiger partial charge is 0.0798 e. The van der Waals surface area contributed by atoms with Gasteiger partial charge in [-0.05, 0) is 87.4 Å². The number of pyridine rings is 1. The van der Waals surface area contributed by atoms with E-state index in [-0.39, 0.29) is 20.1 Å². The number of fused-ring (bicyclic) bond motifs is 4. The van der Waals surface area contributed by atoms with Crippen molar-refractivity contribution < 1.29 is 20.1 Å². The Kier molecular flexibility index (Phi) is 13.1. The summed E-state index contributed by atoms with van der Waals surface area (Å²) >= 11 is 0. The van der Waals surface area contributed by atoms with E-state index in [1.54, 1.807) is 0 Å². The fraction of sp³-hybridized carbons (Fsp3) is 0.236. The van der Waals surface area contributed by atoms with Gasteiger partial charge < -0.3 is 14.1 Å². The second-order valence-electron chi connectivity index (χ2n) is 18.0. The molecule has 0 bridgehead atoms. The van der Waals surface area contributed by atoms with Gasteiger partial charge in [0.25, 0.3) is 0 Å². The number of para-hydroxylation sites is 5. The second kappa shape index (κ2) is 18.3. The van der Waals surface area contributed by atoms with E-state index in [1.165, 1.54) is 43.9 Å². The van der Waals surface area contributed by atoms with Gasteiger partial charge >= 0.3 is 0 Å². The molecular formula is C55H56IrN4Si-2. The van der Waals surface area contributed by atoms with Gasteiger partial charge in [0.05, 0.1) is 24.9 Å². The quantitative estimate of drug-likeness (QED) is 0.107. The third-order valence-corrected chi connectivity index (χ3v) is 13.5. The Morgan fingerprint density at radius 2 is 1.26 bits per heavy atom. The van der Waals surface area contributed by atoms with Crippen LogP contribution in [0, 0.1) is 18.1 Å². The van der Waals surface area contributed by atoms with E-state index < -0.39 is 8.07 Å². The summed E-state index contributed by atoms with van der Waals surface area (Å²) in [7, 11) is -1.34. The second-order valence-corrected chi connectivity index (χ2v) is 23.1. The Hall–Kier alpha value is -5.39. The molecule has 0 spiro atoms. The van der Waals surface area contributed by atoms with Crippen LogP contribution in [0.2, 0.25) is 19.6 Å². The van der Waals surface area contributed by atoms with Crippen LogP contribution >= 0.6 is 0 Å². The van der Waals surface area contributed by atoms with Crippen LogP contribution < -0.4 is 5.19 Å². The summed E-state index contributed by atoms with van der Waals surface area (Å²) in [5, 5.41) is 3.92. The third-order valence-electron chi connectivity index (χ3n) is 11.4. The summed E-state index contributed by atoms with van der Waals surface area (Å²) in [6.45, 7) is 20.8. The van der Waals surface area contributed by atoms with E-state index in [9.17, 15) is 0 Å². The van der Waals surface area contributed by atoms with Gasteiger partial charge in [0.2, 0.25) is 0 Å². The van der Waals surface area contributed by atoms with Gasteiger partial charge in [-0.2, -0.15) is 0 Å². The molecule has 3 aromatic heterocycles. The molecule has 3 heterocycles. The van der Waals surface area contributed by atoms with E-state index in [2.05, 4.69) is 215 Å². The standard InChI is InChI=1S/C37H32N3.C18H24NSi.Ir/c1-24(2)28-16-12-17-29(25(3)4)36(28)40-35-20-11-9-18-32(35)38-37(40)26-21-22-34-31(23-26)30-15-8-10-19-33(30)39(34)27-13-6-5-7-14-27;1-14(2)11-16-12-17(15-9-7-6-8-10-15)19-13-18(16)20(3,4)5;/h5-20,22-25H,1-4H3;6-9,12-14H,11H2,1-5H3;/q2*-1;. The van der Waals surface area contributed by atoms with Crippen molar-refractivity contribution in [2.24, 2.45) is 5.92 Å². The fourth-order valence-electron chi connectivity index (χ4n) is 8.58. The molecule has 0 atom stereocenters. The zero-order chi connectivity index (χ0) is 42.1.